The van der Waals surface area contributed by atoms with Crippen LogP contribution in [0.3, 0.4) is 0 Å². The van der Waals surface area contributed by atoms with Gasteiger partial charge in [0.1, 0.15) is 5.82 Å². The predicted octanol–water partition coefficient (Wildman–Crippen LogP) is 5.25. The first-order valence-electron chi connectivity index (χ1n) is 9.51. The summed E-state index contributed by atoms with van der Waals surface area (Å²) < 4.78 is 13.7. The quantitative estimate of drug-likeness (QED) is 0.534. The van der Waals surface area contributed by atoms with Crippen LogP contribution in [0.5, 0.6) is 11.5 Å². The maximum absolute atomic E-state index is 6.44. The Morgan fingerprint density at radius 2 is 1.89 bits per heavy atom. The second-order valence-electron chi connectivity index (χ2n) is 7.03. The average Bonchev–Trinajstić information content (AvgIpc) is 3.51. The molecule has 0 spiro atoms. The third kappa shape index (κ3) is 3.59. The van der Waals surface area contributed by atoms with Crippen LogP contribution in [0.15, 0.2) is 47.6 Å². The highest BCUT2D eigenvalue weighted by Crippen LogP contribution is 2.42. The zero-order chi connectivity index (χ0) is 18.9. The van der Waals surface area contributed by atoms with Gasteiger partial charge in [0.25, 0.3) is 0 Å². The van der Waals surface area contributed by atoms with Gasteiger partial charge in [0.15, 0.2) is 16.7 Å². The fourth-order valence-electron chi connectivity index (χ4n) is 3.32. The standard InChI is InChI=1S/C21H20ClN3O2S/c22-17-11-14(12-18-19(17)27-10-4-9-26-18)13-28-21-24-23-20(15-7-8-15)25(21)16-5-2-1-3-6-16/h1-3,5-6,11-12,15H,4,7-10,13H2. The third-order valence-corrected chi connectivity index (χ3v) is 6.13. The van der Waals surface area contributed by atoms with Gasteiger partial charge in [0, 0.05) is 23.8 Å². The molecule has 144 valence electrons. The Balaban J connectivity index is 1.42. The summed E-state index contributed by atoms with van der Waals surface area (Å²) in [4.78, 5) is 0. The maximum Gasteiger partial charge on any atom is 0.196 e. The van der Waals surface area contributed by atoms with Crippen LogP contribution in [0, 0.1) is 0 Å². The van der Waals surface area contributed by atoms with Crippen molar-refractivity contribution in [3.8, 4) is 17.2 Å². The fourth-order valence-corrected chi connectivity index (χ4v) is 4.49. The molecule has 1 saturated carbocycles. The number of rotatable bonds is 5. The van der Waals surface area contributed by atoms with Gasteiger partial charge < -0.3 is 9.47 Å². The number of halogens is 1. The van der Waals surface area contributed by atoms with E-state index in [9.17, 15) is 0 Å². The first-order chi connectivity index (χ1) is 13.8. The summed E-state index contributed by atoms with van der Waals surface area (Å²) in [6.07, 6.45) is 3.24. The molecule has 0 saturated heterocycles. The molecule has 7 heteroatoms. The highest BCUT2D eigenvalue weighted by molar-refractivity contribution is 7.98. The SMILES string of the molecule is Clc1cc(CSc2nnc(C3CC3)n2-c2ccccc2)cc2c1OCCCO2. The first-order valence-corrected chi connectivity index (χ1v) is 10.9. The van der Waals surface area contributed by atoms with Gasteiger partial charge in [-0.25, -0.2) is 0 Å². The van der Waals surface area contributed by atoms with E-state index < -0.39 is 0 Å². The summed E-state index contributed by atoms with van der Waals surface area (Å²) in [6.45, 7) is 1.28. The van der Waals surface area contributed by atoms with Crippen LogP contribution in [-0.4, -0.2) is 28.0 Å². The molecule has 5 rings (SSSR count). The predicted molar refractivity (Wildman–Crippen MR) is 110 cm³/mol. The van der Waals surface area contributed by atoms with E-state index >= 15 is 0 Å². The number of ether oxygens (including phenoxy) is 2. The largest absolute Gasteiger partial charge is 0.489 e. The summed E-state index contributed by atoms with van der Waals surface area (Å²) in [5.41, 5.74) is 2.18. The molecule has 28 heavy (non-hydrogen) atoms. The second kappa shape index (κ2) is 7.68. The van der Waals surface area contributed by atoms with Crippen molar-refractivity contribution in [3.05, 3.63) is 58.9 Å². The fraction of sp³-hybridized carbons (Fsp3) is 0.333. The van der Waals surface area contributed by atoms with Gasteiger partial charge in [-0.1, -0.05) is 41.6 Å². The Kier molecular flexibility index (Phi) is 4.91. The van der Waals surface area contributed by atoms with Crippen molar-refractivity contribution in [1.82, 2.24) is 14.8 Å². The molecule has 0 atom stereocenters. The lowest BCUT2D eigenvalue weighted by molar-refractivity contribution is 0.297. The molecule has 2 heterocycles. The molecule has 3 aromatic rings. The maximum atomic E-state index is 6.44. The lowest BCUT2D eigenvalue weighted by atomic mass is 10.2. The molecule has 2 aliphatic rings. The summed E-state index contributed by atoms with van der Waals surface area (Å²) in [7, 11) is 0. The lowest BCUT2D eigenvalue weighted by Crippen LogP contribution is -2.01. The van der Waals surface area contributed by atoms with Crippen molar-refractivity contribution in [2.75, 3.05) is 13.2 Å². The Hall–Kier alpha value is -2.18. The van der Waals surface area contributed by atoms with Crippen molar-refractivity contribution >= 4 is 23.4 Å². The number of benzene rings is 2. The summed E-state index contributed by atoms with van der Waals surface area (Å²) >= 11 is 8.10. The molecule has 0 N–H and O–H groups in total. The van der Waals surface area contributed by atoms with E-state index in [1.54, 1.807) is 11.8 Å². The van der Waals surface area contributed by atoms with E-state index in [0.29, 0.717) is 29.9 Å². The van der Waals surface area contributed by atoms with Crippen LogP contribution >= 0.6 is 23.4 Å². The molecular weight excluding hydrogens is 394 g/mol. The van der Waals surface area contributed by atoms with Gasteiger partial charge in [0.2, 0.25) is 0 Å². The summed E-state index contributed by atoms with van der Waals surface area (Å²) in [5.74, 6) is 3.69. The molecule has 2 aromatic carbocycles. The van der Waals surface area contributed by atoms with Gasteiger partial charge in [-0.3, -0.25) is 4.57 Å². The smallest absolute Gasteiger partial charge is 0.196 e. The third-order valence-electron chi connectivity index (χ3n) is 4.85. The molecule has 1 fully saturated rings. The minimum atomic E-state index is 0.523. The van der Waals surface area contributed by atoms with Gasteiger partial charge in [-0.05, 0) is 42.7 Å². The average molecular weight is 414 g/mol. The second-order valence-corrected chi connectivity index (χ2v) is 8.38. The van der Waals surface area contributed by atoms with Crippen molar-refractivity contribution in [2.45, 2.75) is 36.1 Å². The van der Waals surface area contributed by atoms with E-state index in [1.165, 1.54) is 12.8 Å². The molecule has 1 aliphatic heterocycles. The first kappa shape index (κ1) is 17.9. The zero-order valence-corrected chi connectivity index (χ0v) is 16.9. The minimum absolute atomic E-state index is 0.523. The Bertz CT molecular complexity index is 989. The van der Waals surface area contributed by atoms with Crippen LogP contribution in [-0.2, 0) is 5.75 Å². The Morgan fingerprint density at radius 3 is 2.71 bits per heavy atom. The molecule has 5 nitrogen and oxygen atoms in total. The van der Waals surface area contributed by atoms with Crippen LogP contribution < -0.4 is 9.47 Å². The van der Waals surface area contributed by atoms with Crippen molar-refractivity contribution < 1.29 is 9.47 Å². The highest BCUT2D eigenvalue weighted by atomic mass is 35.5. The number of fused-ring (bicyclic) bond motifs is 1. The van der Waals surface area contributed by atoms with E-state index in [1.807, 2.05) is 30.3 Å². The topological polar surface area (TPSA) is 49.2 Å². The molecule has 1 aromatic heterocycles. The number of hydrogen-bond acceptors (Lipinski definition) is 5. The van der Waals surface area contributed by atoms with Gasteiger partial charge in [-0.15, -0.1) is 10.2 Å². The zero-order valence-electron chi connectivity index (χ0n) is 15.3. The number of hydrogen-bond donors (Lipinski definition) is 0. The monoisotopic (exact) mass is 413 g/mol. The van der Waals surface area contributed by atoms with E-state index in [-0.39, 0.29) is 0 Å². The number of para-hydroxylation sites is 1. The lowest BCUT2D eigenvalue weighted by Gasteiger charge is -2.12. The van der Waals surface area contributed by atoms with Crippen LogP contribution in [0.4, 0.5) is 0 Å². The van der Waals surface area contributed by atoms with Gasteiger partial charge >= 0.3 is 0 Å². The Morgan fingerprint density at radius 1 is 1.07 bits per heavy atom. The van der Waals surface area contributed by atoms with Crippen molar-refractivity contribution in [1.29, 1.82) is 0 Å². The number of thioether (sulfide) groups is 1. The normalized spacial score (nSPS) is 16.0. The molecule has 0 bridgehead atoms. The van der Waals surface area contributed by atoms with Crippen molar-refractivity contribution in [2.24, 2.45) is 0 Å². The minimum Gasteiger partial charge on any atom is -0.489 e. The van der Waals surface area contributed by atoms with E-state index in [0.717, 1.165) is 40.2 Å². The molecule has 0 radical (unpaired) electrons. The molecule has 1 aliphatic carbocycles. The van der Waals surface area contributed by atoms with E-state index in [2.05, 4.69) is 26.9 Å². The molecule has 0 amide bonds. The van der Waals surface area contributed by atoms with E-state index in [4.69, 9.17) is 21.1 Å². The van der Waals surface area contributed by atoms with Crippen LogP contribution in [0.25, 0.3) is 5.69 Å². The van der Waals surface area contributed by atoms with Gasteiger partial charge in [-0.2, -0.15) is 0 Å². The highest BCUT2D eigenvalue weighted by Gasteiger charge is 2.31. The summed E-state index contributed by atoms with van der Waals surface area (Å²) in [5, 5.41) is 10.5. The number of aromatic nitrogens is 3. The van der Waals surface area contributed by atoms with Crippen LogP contribution in [0.1, 0.15) is 36.6 Å². The number of nitrogens with zero attached hydrogens (tertiary/aromatic N) is 3. The molecule has 0 unspecified atom stereocenters. The van der Waals surface area contributed by atoms with Crippen molar-refractivity contribution in [3.63, 3.8) is 0 Å². The molecular formula is C21H20ClN3O2S. The van der Waals surface area contributed by atoms with Crippen LogP contribution in [0.2, 0.25) is 5.02 Å². The van der Waals surface area contributed by atoms with Gasteiger partial charge in [0.05, 0.1) is 18.2 Å². The summed E-state index contributed by atoms with van der Waals surface area (Å²) in [6, 6.07) is 14.3. The Labute approximate surface area is 173 Å².